The minimum atomic E-state index is -5.21. The molecule has 0 amide bonds. The van der Waals surface area contributed by atoms with E-state index in [9.17, 15) is 21.7 Å². The molecule has 0 spiro atoms. The number of thiazole rings is 1. The van der Waals surface area contributed by atoms with Crippen molar-refractivity contribution in [2.24, 2.45) is 0 Å². The summed E-state index contributed by atoms with van der Waals surface area (Å²) in [6.07, 6.45) is 0.442. The first-order chi connectivity index (χ1) is 5.71. The van der Waals surface area contributed by atoms with E-state index in [0.29, 0.717) is 13.1 Å². The summed E-state index contributed by atoms with van der Waals surface area (Å²) in [6.45, 7) is -4.70. The van der Waals surface area contributed by atoms with Crippen LogP contribution in [0, 0.1) is 0 Å². The van der Waals surface area contributed by atoms with Crippen molar-refractivity contribution in [2.45, 2.75) is 12.8 Å². The van der Waals surface area contributed by atoms with Gasteiger partial charge in [0.1, 0.15) is 0 Å². The molecule has 1 aromatic rings. The Morgan fingerprint density at radius 1 is 1.38 bits per heavy atom. The molecule has 0 atom stereocenters. The molecule has 0 N–H and O–H groups in total. The molecule has 0 radical (unpaired) electrons. The van der Waals surface area contributed by atoms with Crippen LogP contribution < -0.4 is 4.78 Å². The normalized spacial score (nSPS) is 13.4. The SMILES string of the molecule is CC(F)(F)c1ncc([B-](F)(F)F)s1. The molecule has 8 heteroatoms. The Morgan fingerprint density at radius 3 is 2.15 bits per heavy atom. The molecule has 0 aromatic carbocycles. The van der Waals surface area contributed by atoms with Crippen LogP contribution in [-0.4, -0.2) is 12.0 Å². The van der Waals surface area contributed by atoms with Crippen molar-refractivity contribution in [1.29, 1.82) is 0 Å². The summed E-state index contributed by atoms with van der Waals surface area (Å²) in [4.78, 5) is 3.02. The standard InChI is InChI=1S/C5H4BF5NS/c1-5(7,8)4-12-2-3(13-4)6(9,10)11/h2H,1H3/q-1. The van der Waals surface area contributed by atoms with Crippen LogP contribution in [0.2, 0.25) is 0 Å². The zero-order chi connectivity index (χ0) is 10.3. The predicted molar refractivity (Wildman–Crippen MR) is 40.4 cm³/mol. The average molecular weight is 216 g/mol. The number of hydrogen-bond donors (Lipinski definition) is 0. The van der Waals surface area contributed by atoms with Gasteiger partial charge < -0.3 is 12.9 Å². The second kappa shape index (κ2) is 2.93. The van der Waals surface area contributed by atoms with Gasteiger partial charge in [0.25, 0.3) is 5.92 Å². The van der Waals surface area contributed by atoms with Crippen molar-refractivity contribution in [2.75, 3.05) is 0 Å². The Bertz CT molecular complexity index is 272. The Morgan fingerprint density at radius 2 is 1.92 bits per heavy atom. The summed E-state index contributed by atoms with van der Waals surface area (Å²) in [5, 5.41) is -0.804. The van der Waals surface area contributed by atoms with Gasteiger partial charge in [-0.3, -0.25) is 0 Å². The van der Waals surface area contributed by atoms with Crippen LogP contribution in [0.15, 0.2) is 6.20 Å². The van der Waals surface area contributed by atoms with Gasteiger partial charge >= 0.3 is 6.98 Å². The van der Waals surface area contributed by atoms with E-state index in [1.165, 1.54) is 0 Å². The van der Waals surface area contributed by atoms with Gasteiger partial charge in [-0.05, 0) is 4.78 Å². The van der Waals surface area contributed by atoms with E-state index < -0.39 is 22.7 Å². The highest BCUT2D eigenvalue weighted by Crippen LogP contribution is 2.28. The third-order valence-electron chi connectivity index (χ3n) is 1.22. The van der Waals surface area contributed by atoms with Crippen molar-refractivity contribution >= 4 is 23.1 Å². The number of aromatic nitrogens is 1. The van der Waals surface area contributed by atoms with Gasteiger partial charge in [0.2, 0.25) is 0 Å². The summed E-state index contributed by atoms with van der Waals surface area (Å²) in [5.41, 5.74) is 0. The van der Waals surface area contributed by atoms with E-state index in [1.54, 1.807) is 0 Å². The molecule has 1 nitrogen and oxygen atoms in total. The van der Waals surface area contributed by atoms with E-state index in [4.69, 9.17) is 0 Å². The fraction of sp³-hybridized carbons (Fsp3) is 0.400. The molecule has 0 aliphatic rings. The Hall–Kier alpha value is -0.655. The maximum absolute atomic E-state index is 12.4. The van der Waals surface area contributed by atoms with Gasteiger partial charge in [-0.1, -0.05) is 0 Å². The van der Waals surface area contributed by atoms with E-state index in [2.05, 4.69) is 4.98 Å². The van der Waals surface area contributed by atoms with Crippen LogP contribution in [0.1, 0.15) is 11.9 Å². The van der Waals surface area contributed by atoms with Crippen LogP contribution in [0.4, 0.5) is 21.7 Å². The Balaban J connectivity index is 3.01. The Kier molecular flexibility index (Phi) is 2.35. The number of nitrogens with zero attached hydrogens (tertiary/aromatic N) is 1. The van der Waals surface area contributed by atoms with Gasteiger partial charge in [-0.25, -0.2) is 4.98 Å². The minimum absolute atomic E-state index is 0.0116. The average Bonchev–Trinajstić information content (AvgIpc) is 2.28. The molecule has 1 rings (SSSR count). The maximum atomic E-state index is 12.4. The van der Waals surface area contributed by atoms with Gasteiger partial charge in [-0.15, -0.1) is 0 Å². The molecule has 74 valence electrons. The highest BCUT2D eigenvalue weighted by Gasteiger charge is 2.33. The molecule has 0 bridgehead atoms. The van der Waals surface area contributed by atoms with Crippen molar-refractivity contribution < 1.29 is 21.7 Å². The molecule has 1 aromatic heterocycles. The maximum Gasteiger partial charge on any atom is 0.521 e. The first-order valence-corrected chi connectivity index (χ1v) is 4.07. The summed E-state index contributed by atoms with van der Waals surface area (Å²) in [6, 6.07) is 0. The molecule has 0 saturated heterocycles. The van der Waals surface area contributed by atoms with Crippen LogP contribution >= 0.6 is 11.3 Å². The number of rotatable bonds is 2. The second-order valence-electron chi connectivity index (χ2n) is 2.53. The fourth-order valence-corrected chi connectivity index (χ4v) is 1.39. The number of alkyl halides is 2. The van der Waals surface area contributed by atoms with E-state index in [-0.39, 0.29) is 11.3 Å². The Labute approximate surface area is 74.7 Å². The largest absolute Gasteiger partial charge is 0.521 e. The van der Waals surface area contributed by atoms with Gasteiger partial charge in [0.05, 0.1) is 0 Å². The van der Waals surface area contributed by atoms with Crippen LogP contribution in [0.25, 0.3) is 0 Å². The van der Waals surface area contributed by atoms with Crippen LogP contribution in [-0.2, 0) is 5.92 Å². The summed E-state index contributed by atoms with van der Waals surface area (Å²) in [5.74, 6) is -3.30. The van der Waals surface area contributed by atoms with E-state index in [0.717, 1.165) is 0 Å². The molecular formula is C5H4BF5NS-. The predicted octanol–water partition coefficient (Wildman–Crippen LogP) is 2.31. The minimum Gasteiger partial charge on any atom is -0.444 e. The summed E-state index contributed by atoms with van der Waals surface area (Å²) < 4.78 is 59.8. The smallest absolute Gasteiger partial charge is 0.444 e. The monoisotopic (exact) mass is 216 g/mol. The third kappa shape index (κ3) is 2.39. The molecule has 0 unspecified atom stereocenters. The summed E-state index contributed by atoms with van der Waals surface area (Å²) >= 11 is -0.0116. The second-order valence-corrected chi connectivity index (χ2v) is 3.59. The molecule has 1 heterocycles. The molecule has 0 aliphatic carbocycles. The van der Waals surface area contributed by atoms with E-state index >= 15 is 0 Å². The van der Waals surface area contributed by atoms with Crippen LogP contribution in [0.5, 0.6) is 0 Å². The lowest BCUT2D eigenvalue weighted by atomic mass is 9.91. The van der Waals surface area contributed by atoms with Crippen molar-refractivity contribution in [3.05, 3.63) is 11.2 Å². The number of halogens is 5. The first kappa shape index (κ1) is 10.4. The van der Waals surface area contributed by atoms with Crippen LogP contribution in [0.3, 0.4) is 0 Å². The van der Waals surface area contributed by atoms with E-state index in [1.807, 2.05) is 0 Å². The molecular weight excluding hydrogens is 212 g/mol. The lowest BCUT2D eigenvalue weighted by Crippen LogP contribution is -2.31. The van der Waals surface area contributed by atoms with Crippen molar-refractivity contribution in [3.63, 3.8) is 0 Å². The molecule has 13 heavy (non-hydrogen) atoms. The zero-order valence-corrected chi connectivity index (χ0v) is 7.22. The molecule has 0 fully saturated rings. The lowest BCUT2D eigenvalue weighted by molar-refractivity contribution is 0.0172. The quantitative estimate of drug-likeness (QED) is 0.545. The lowest BCUT2D eigenvalue weighted by Gasteiger charge is -2.10. The topological polar surface area (TPSA) is 12.9 Å². The van der Waals surface area contributed by atoms with Gasteiger partial charge in [0.15, 0.2) is 5.01 Å². The first-order valence-electron chi connectivity index (χ1n) is 3.25. The highest BCUT2D eigenvalue weighted by molar-refractivity contribution is 7.23. The molecule has 0 aliphatic heterocycles. The van der Waals surface area contributed by atoms with Gasteiger partial charge in [-0.2, -0.15) is 20.1 Å². The van der Waals surface area contributed by atoms with Crippen molar-refractivity contribution in [1.82, 2.24) is 4.98 Å². The summed E-state index contributed by atoms with van der Waals surface area (Å²) in [7, 11) is 0. The fourth-order valence-electron chi connectivity index (χ4n) is 0.641. The highest BCUT2D eigenvalue weighted by atomic mass is 32.1. The molecule has 0 saturated carbocycles. The van der Waals surface area contributed by atoms with Crippen molar-refractivity contribution in [3.8, 4) is 0 Å². The third-order valence-corrected chi connectivity index (χ3v) is 2.49. The van der Waals surface area contributed by atoms with Gasteiger partial charge in [0, 0.05) is 13.1 Å². The zero-order valence-electron chi connectivity index (χ0n) is 6.40. The number of hydrogen-bond acceptors (Lipinski definition) is 2.